The number of nitrogens with one attached hydrogen (secondary N) is 2. The first kappa shape index (κ1) is 24.9. The van der Waals surface area contributed by atoms with Gasteiger partial charge in [0.25, 0.3) is 0 Å². The van der Waals surface area contributed by atoms with Crippen molar-refractivity contribution in [2.45, 2.75) is 25.4 Å². The molecule has 4 aromatic rings. The SMILES string of the molecule is CN(c1ccncc1)c1ccc2sc(-c3ccnc(NCCN4CNC(C(=O)C=O)C4(C)C)n3)cc2c1. The Bertz CT molecular complexity index is 1420. The van der Waals surface area contributed by atoms with Crippen LogP contribution in [0.25, 0.3) is 20.7 Å². The normalized spacial score (nSPS) is 17.1. The van der Waals surface area contributed by atoms with Gasteiger partial charge in [0.05, 0.1) is 16.6 Å². The number of carbonyl (C=O) groups excluding carboxylic acids is 2. The van der Waals surface area contributed by atoms with Gasteiger partial charge < -0.3 is 10.2 Å². The van der Waals surface area contributed by atoms with E-state index in [2.05, 4.69) is 54.7 Å². The van der Waals surface area contributed by atoms with Crippen LogP contribution in [-0.4, -0.2) is 70.3 Å². The minimum absolute atomic E-state index is 0.397. The molecule has 0 amide bonds. The number of anilines is 3. The van der Waals surface area contributed by atoms with Crippen LogP contribution in [0, 0.1) is 0 Å². The third-order valence-electron chi connectivity index (χ3n) is 6.92. The summed E-state index contributed by atoms with van der Waals surface area (Å²) in [7, 11) is 2.05. The lowest BCUT2D eigenvalue weighted by molar-refractivity contribution is -0.132. The molecular weight excluding hydrogens is 486 g/mol. The lowest BCUT2D eigenvalue weighted by atomic mass is 9.92. The van der Waals surface area contributed by atoms with E-state index in [1.165, 1.54) is 4.70 Å². The fraction of sp³-hybridized carbons (Fsp3) is 0.296. The minimum atomic E-state index is -0.498. The van der Waals surface area contributed by atoms with Crippen molar-refractivity contribution in [3.8, 4) is 10.6 Å². The molecule has 0 radical (unpaired) electrons. The summed E-state index contributed by atoms with van der Waals surface area (Å²) in [6, 6.07) is 14.0. The molecule has 1 aliphatic heterocycles. The monoisotopic (exact) mass is 515 g/mol. The smallest absolute Gasteiger partial charge is 0.223 e. The van der Waals surface area contributed by atoms with E-state index in [1.54, 1.807) is 29.9 Å². The van der Waals surface area contributed by atoms with E-state index in [4.69, 9.17) is 4.98 Å². The van der Waals surface area contributed by atoms with Gasteiger partial charge in [-0.15, -0.1) is 11.3 Å². The molecule has 1 aromatic carbocycles. The van der Waals surface area contributed by atoms with E-state index in [9.17, 15) is 9.59 Å². The lowest BCUT2D eigenvalue weighted by Crippen LogP contribution is -2.51. The topological polar surface area (TPSA) is 103 Å². The Hall–Kier alpha value is -3.73. The standard InChI is InChI=1S/C27H29N7O2S/c1-27(2)25(22(36)16-35)31-17-34(27)13-12-30-26-29-11-8-21(32-26)24-15-18-14-20(4-5-23(18)37-24)33(3)19-6-9-28-10-7-19/h4-11,14-16,25,31H,12-13,17H2,1-3H3,(H,29,30,32). The first-order valence-corrected chi connectivity index (χ1v) is 12.9. The molecule has 37 heavy (non-hydrogen) atoms. The highest BCUT2D eigenvalue weighted by atomic mass is 32.1. The highest BCUT2D eigenvalue weighted by Crippen LogP contribution is 2.36. The number of carbonyl (C=O) groups is 2. The zero-order valence-electron chi connectivity index (χ0n) is 21.0. The van der Waals surface area contributed by atoms with Crippen LogP contribution in [-0.2, 0) is 9.59 Å². The number of benzene rings is 1. The van der Waals surface area contributed by atoms with Gasteiger partial charge in [0.15, 0.2) is 6.29 Å². The summed E-state index contributed by atoms with van der Waals surface area (Å²) in [6.07, 6.45) is 5.75. The Labute approximate surface area is 219 Å². The van der Waals surface area contributed by atoms with E-state index in [0.717, 1.165) is 27.3 Å². The van der Waals surface area contributed by atoms with Crippen LogP contribution in [0.1, 0.15) is 13.8 Å². The fourth-order valence-electron chi connectivity index (χ4n) is 4.69. The van der Waals surface area contributed by atoms with E-state index in [-0.39, 0.29) is 0 Å². The largest absolute Gasteiger partial charge is 0.353 e. The quantitative estimate of drug-likeness (QED) is 0.255. The van der Waals surface area contributed by atoms with Crippen LogP contribution in [0.5, 0.6) is 0 Å². The molecule has 4 heterocycles. The highest BCUT2D eigenvalue weighted by molar-refractivity contribution is 7.22. The third kappa shape index (κ3) is 5.08. The summed E-state index contributed by atoms with van der Waals surface area (Å²) < 4.78 is 1.19. The Morgan fingerprint density at radius 3 is 2.78 bits per heavy atom. The number of fused-ring (bicyclic) bond motifs is 1. The summed E-state index contributed by atoms with van der Waals surface area (Å²) in [5.41, 5.74) is 2.59. The maximum atomic E-state index is 11.9. The molecule has 190 valence electrons. The average molecular weight is 516 g/mol. The molecule has 10 heteroatoms. The van der Waals surface area contributed by atoms with Gasteiger partial charge in [0.2, 0.25) is 11.7 Å². The Balaban J connectivity index is 1.26. The number of hydrogen-bond acceptors (Lipinski definition) is 10. The number of ketones is 1. The van der Waals surface area contributed by atoms with Gasteiger partial charge in [0, 0.05) is 67.0 Å². The average Bonchev–Trinajstić information content (AvgIpc) is 3.48. The first-order chi connectivity index (χ1) is 17.9. The number of rotatable bonds is 9. The maximum Gasteiger partial charge on any atom is 0.223 e. The summed E-state index contributed by atoms with van der Waals surface area (Å²) >= 11 is 1.70. The van der Waals surface area contributed by atoms with Crippen LogP contribution in [0.3, 0.4) is 0 Å². The molecule has 1 atom stereocenters. The first-order valence-electron chi connectivity index (χ1n) is 12.1. The molecule has 1 fully saturated rings. The van der Waals surface area contributed by atoms with E-state index in [1.807, 2.05) is 39.1 Å². The van der Waals surface area contributed by atoms with Crippen molar-refractivity contribution < 1.29 is 9.59 Å². The van der Waals surface area contributed by atoms with E-state index < -0.39 is 17.4 Å². The summed E-state index contributed by atoms with van der Waals surface area (Å²) in [6.45, 7) is 5.76. The van der Waals surface area contributed by atoms with Gasteiger partial charge in [-0.2, -0.15) is 0 Å². The molecule has 0 saturated carbocycles. The third-order valence-corrected chi connectivity index (χ3v) is 8.06. The van der Waals surface area contributed by atoms with Crippen molar-refractivity contribution >= 4 is 50.8 Å². The molecule has 1 aliphatic rings. The van der Waals surface area contributed by atoms with Gasteiger partial charge in [-0.05, 0) is 61.7 Å². The van der Waals surface area contributed by atoms with Gasteiger partial charge in [-0.3, -0.25) is 24.8 Å². The number of thiophene rings is 1. The molecule has 5 rings (SSSR count). The second-order valence-electron chi connectivity index (χ2n) is 9.52. The molecule has 1 saturated heterocycles. The van der Waals surface area contributed by atoms with Crippen molar-refractivity contribution in [1.82, 2.24) is 25.2 Å². The number of pyridine rings is 1. The highest BCUT2D eigenvalue weighted by Gasteiger charge is 2.44. The summed E-state index contributed by atoms with van der Waals surface area (Å²) in [5.74, 6) is 0.134. The predicted molar refractivity (Wildman–Crippen MR) is 147 cm³/mol. The molecule has 2 N–H and O–H groups in total. The van der Waals surface area contributed by atoms with Gasteiger partial charge in [-0.25, -0.2) is 9.97 Å². The molecule has 0 bridgehead atoms. The number of aromatic nitrogens is 3. The molecule has 9 nitrogen and oxygen atoms in total. The maximum absolute atomic E-state index is 11.9. The zero-order chi connectivity index (χ0) is 26.0. The number of Topliss-reactive ketones (excluding diaryl/α,β-unsaturated/α-hetero) is 1. The Morgan fingerprint density at radius 1 is 1.19 bits per heavy atom. The van der Waals surface area contributed by atoms with Crippen LogP contribution in [0.4, 0.5) is 17.3 Å². The van der Waals surface area contributed by atoms with Gasteiger partial charge in [-0.1, -0.05) is 0 Å². The Kier molecular flexibility index (Phi) is 6.96. The number of aldehydes is 1. The predicted octanol–water partition coefficient (Wildman–Crippen LogP) is 3.71. The second-order valence-corrected chi connectivity index (χ2v) is 10.6. The number of nitrogens with zero attached hydrogens (tertiary/aromatic N) is 5. The van der Waals surface area contributed by atoms with E-state index in [0.29, 0.717) is 32.0 Å². The zero-order valence-corrected chi connectivity index (χ0v) is 21.8. The summed E-state index contributed by atoms with van der Waals surface area (Å²) in [4.78, 5) is 41.5. The van der Waals surface area contributed by atoms with Crippen molar-refractivity contribution in [1.29, 1.82) is 0 Å². The van der Waals surface area contributed by atoms with Crippen molar-refractivity contribution in [2.75, 3.05) is 37.0 Å². The molecule has 1 unspecified atom stereocenters. The van der Waals surface area contributed by atoms with Crippen LogP contribution < -0.4 is 15.5 Å². The minimum Gasteiger partial charge on any atom is -0.353 e. The second kappa shape index (κ2) is 10.3. The van der Waals surface area contributed by atoms with Crippen LogP contribution >= 0.6 is 11.3 Å². The van der Waals surface area contributed by atoms with Gasteiger partial charge >= 0.3 is 0 Å². The molecule has 0 spiro atoms. The molecular formula is C27H29N7O2S. The van der Waals surface area contributed by atoms with Crippen molar-refractivity contribution in [2.24, 2.45) is 0 Å². The van der Waals surface area contributed by atoms with Crippen molar-refractivity contribution in [3.05, 3.63) is 61.1 Å². The molecule has 3 aromatic heterocycles. The fourth-order valence-corrected chi connectivity index (χ4v) is 5.70. The van der Waals surface area contributed by atoms with Crippen LogP contribution in [0.2, 0.25) is 0 Å². The number of hydrogen-bond donors (Lipinski definition) is 2. The van der Waals surface area contributed by atoms with Crippen molar-refractivity contribution in [3.63, 3.8) is 0 Å². The lowest BCUT2D eigenvalue weighted by Gasteiger charge is -2.33. The Morgan fingerprint density at radius 2 is 2.00 bits per heavy atom. The van der Waals surface area contributed by atoms with Gasteiger partial charge in [0.1, 0.15) is 0 Å². The van der Waals surface area contributed by atoms with E-state index >= 15 is 0 Å². The summed E-state index contributed by atoms with van der Waals surface area (Å²) in [5, 5.41) is 7.60. The van der Waals surface area contributed by atoms with Crippen LogP contribution in [0.15, 0.2) is 61.1 Å². The molecule has 0 aliphatic carbocycles.